The zero-order valence-corrected chi connectivity index (χ0v) is 13.9. The molecule has 1 aliphatic rings. The third kappa shape index (κ3) is 3.21. The number of nitro groups is 1. The van der Waals surface area contributed by atoms with Crippen LogP contribution in [0.3, 0.4) is 0 Å². The van der Waals surface area contributed by atoms with E-state index in [-0.39, 0.29) is 10.6 Å². The van der Waals surface area contributed by atoms with Gasteiger partial charge in [-0.25, -0.2) is 0 Å². The van der Waals surface area contributed by atoms with Gasteiger partial charge in [0.15, 0.2) is 0 Å². The Morgan fingerprint density at radius 1 is 1.00 bits per heavy atom. The van der Waals surface area contributed by atoms with E-state index >= 15 is 0 Å². The van der Waals surface area contributed by atoms with Crippen molar-refractivity contribution in [3.05, 3.63) is 70.4 Å². The first-order chi connectivity index (χ1) is 12.2. The zero-order chi connectivity index (χ0) is 17.2. The van der Waals surface area contributed by atoms with Crippen LogP contribution < -0.4 is 4.90 Å². The van der Waals surface area contributed by atoms with Crippen LogP contribution >= 0.6 is 0 Å². The fourth-order valence-electron chi connectivity index (χ4n) is 3.49. The maximum absolute atomic E-state index is 11.2. The molecule has 1 N–H and O–H groups in total. The first-order valence-electron chi connectivity index (χ1n) is 8.48. The van der Waals surface area contributed by atoms with Crippen LogP contribution in [0.15, 0.2) is 54.6 Å². The number of piperazine rings is 1. The Labute approximate surface area is 145 Å². The quantitative estimate of drug-likeness (QED) is 0.586. The Morgan fingerprint density at radius 2 is 1.72 bits per heavy atom. The van der Waals surface area contributed by atoms with Crippen molar-refractivity contribution in [3.63, 3.8) is 0 Å². The summed E-state index contributed by atoms with van der Waals surface area (Å²) in [5.41, 5.74) is 3.28. The average molecular weight is 336 g/mol. The third-order valence-corrected chi connectivity index (χ3v) is 4.77. The number of nitrogens with zero attached hydrogens (tertiary/aromatic N) is 3. The molecular formula is C19H20N4O2. The minimum atomic E-state index is -0.299. The molecule has 6 nitrogen and oxygen atoms in total. The number of fused-ring (bicyclic) bond motifs is 1. The van der Waals surface area contributed by atoms with E-state index in [1.165, 1.54) is 11.1 Å². The molecule has 4 rings (SSSR count). The standard InChI is InChI=1S/C19H20N4O2/c24-23(25)19-8-4-3-7-18(19)22-11-9-21(10-12-22)14-16-13-15-5-1-2-6-17(15)20-16/h1-8,13,20H,9-12,14H2. The average Bonchev–Trinajstić information content (AvgIpc) is 3.04. The van der Waals surface area contributed by atoms with Gasteiger partial charge in [0.2, 0.25) is 0 Å². The molecule has 2 aromatic carbocycles. The predicted octanol–water partition coefficient (Wildman–Crippen LogP) is 3.40. The Hall–Kier alpha value is -2.86. The highest BCUT2D eigenvalue weighted by molar-refractivity contribution is 5.80. The topological polar surface area (TPSA) is 65.4 Å². The summed E-state index contributed by atoms with van der Waals surface area (Å²) in [7, 11) is 0. The van der Waals surface area contributed by atoms with E-state index in [0.29, 0.717) is 0 Å². The van der Waals surface area contributed by atoms with Gasteiger partial charge in [-0.3, -0.25) is 15.0 Å². The maximum atomic E-state index is 11.2. The molecule has 2 heterocycles. The summed E-state index contributed by atoms with van der Waals surface area (Å²) in [5, 5.41) is 12.5. The highest BCUT2D eigenvalue weighted by Crippen LogP contribution is 2.28. The first kappa shape index (κ1) is 15.7. The molecule has 0 radical (unpaired) electrons. The molecule has 0 bridgehead atoms. The van der Waals surface area contributed by atoms with Crippen LogP contribution in [0.1, 0.15) is 5.69 Å². The third-order valence-electron chi connectivity index (χ3n) is 4.77. The second-order valence-electron chi connectivity index (χ2n) is 6.39. The Morgan fingerprint density at radius 3 is 2.48 bits per heavy atom. The van der Waals surface area contributed by atoms with Crippen molar-refractivity contribution >= 4 is 22.3 Å². The lowest BCUT2D eigenvalue weighted by Crippen LogP contribution is -2.46. The Balaban J connectivity index is 1.42. The lowest BCUT2D eigenvalue weighted by molar-refractivity contribution is -0.384. The Bertz CT molecular complexity index is 864. The van der Waals surface area contributed by atoms with Gasteiger partial charge in [-0.05, 0) is 23.6 Å². The normalized spacial score (nSPS) is 15.6. The number of benzene rings is 2. The fourth-order valence-corrected chi connectivity index (χ4v) is 3.49. The SMILES string of the molecule is O=[N+]([O-])c1ccccc1N1CCN(Cc2cc3ccccc3[nH]2)CC1. The number of rotatable bonds is 4. The number of nitro benzene ring substituents is 1. The number of aromatic amines is 1. The number of hydrogen-bond acceptors (Lipinski definition) is 4. The molecule has 0 amide bonds. The van der Waals surface area contributed by atoms with Gasteiger partial charge < -0.3 is 9.88 Å². The zero-order valence-electron chi connectivity index (χ0n) is 13.9. The molecule has 1 fully saturated rings. The van der Waals surface area contributed by atoms with E-state index in [0.717, 1.165) is 43.9 Å². The largest absolute Gasteiger partial charge is 0.363 e. The van der Waals surface area contributed by atoms with Crippen molar-refractivity contribution in [2.24, 2.45) is 0 Å². The van der Waals surface area contributed by atoms with Gasteiger partial charge in [0.25, 0.3) is 5.69 Å². The molecule has 1 aromatic heterocycles. The van der Waals surface area contributed by atoms with Crippen LogP contribution in [0.2, 0.25) is 0 Å². The molecule has 0 spiro atoms. The molecule has 0 aliphatic carbocycles. The molecule has 1 saturated heterocycles. The van der Waals surface area contributed by atoms with Gasteiger partial charge in [-0.2, -0.15) is 0 Å². The predicted molar refractivity (Wildman–Crippen MR) is 98.9 cm³/mol. The number of H-pyrrole nitrogens is 1. The molecule has 3 aromatic rings. The first-order valence-corrected chi connectivity index (χ1v) is 8.48. The second kappa shape index (κ2) is 6.57. The van der Waals surface area contributed by atoms with Crippen LogP contribution in [-0.4, -0.2) is 41.0 Å². The van der Waals surface area contributed by atoms with Gasteiger partial charge in [0.05, 0.1) is 4.92 Å². The van der Waals surface area contributed by atoms with Crippen LogP contribution in [0.5, 0.6) is 0 Å². The number of aromatic nitrogens is 1. The van der Waals surface area contributed by atoms with E-state index in [2.05, 4.69) is 33.0 Å². The van der Waals surface area contributed by atoms with E-state index < -0.39 is 0 Å². The highest BCUT2D eigenvalue weighted by Gasteiger charge is 2.23. The summed E-state index contributed by atoms with van der Waals surface area (Å²) in [4.78, 5) is 18.9. The van der Waals surface area contributed by atoms with Crippen molar-refractivity contribution in [2.45, 2.75) is 6.54 Å². The number of nitrogens with one attached hydrogen (secondary N) is 1. The molecule has 6 heteroatoms. The van der Waals surface area contributed by atoms with Crippen molar-refractivity contribution in [3.8, 4) is 0 Å². The number of para-hydroxylation sites is 3. The van der Waals surface area contributed by atoms with Crippen LogP contribution in [0.25, 0.3) is 10.9 Å². The maximum Gasteiger partial charge on any atom is 0.292 e. The highest BCUT2D eigenvalue weighted by atomic mass is 16.6. The summed E-state index contributed by atoms with van der Waals surface area (Å²) < 4.78 is 0. The van der Waals surface area contributed by atoms with Crippen molar-refractivity contribution in [1.82, 2.24) is 9.88 Å². The molecule has 0 atom stereocenters. The minimum Gasteiger partial charge on any atom is -0.363 e. The molecule has 0 saturated carbocycles. The van der Waals surface area contributed by atoms with Gasteiger partial charge >= 0.3 is 0 Å². The van der Waals surface area contributed by atoms with E-state index in [4.69, 9.17) is 0 Å². The lowest BCUT2D eigenvalue weighted by Gasteiger charge is -2.35. The van der Waals surface area contributed by atoms with E-state index in [9.17, 15) is 10.1 Å². The second-order valence-corrected chi connectivity index (χ2v) is 6.39. The van der Waals surface area contributed by atoms with E-state index in [1.807, 2.05) is 24.3 Å². The van der Waals surface area contributed by atoms with Crippen LogP contribution in [-0.2, 0) is 6.54 Å². The summed E-state index contributed by atoms with van der Waals surface area (Å²) in [6.45, 7) is 4.25. The molecule has 25 heavy (non-hydrogen) atoms. The molecule has 128 valence electrons. The summed E-state index contributed by atoms with van der Waals surface area (Å²) in [5.74, 6) is 0. The van der Waals surface area contributed by atoms with E-state index in [1.54, 1.807) is 12.1 Å². The summed E-state index contributed by atoms with van der Waals surface area (Å²) in [6.07, 6.45) is 0. The number of anilines is 1. The smallest absolute Gasteiger partial charge is 0.292 e. The summed E-state index contributed by atoms with van der Waals surface area (Å²) >= 11 is 0. The van der Waals surface area contributed by atoms with Crippen molar-refractivity contribution in [1.29, 1.82) is 0 Å². The molecule has 0 unspecified atom stereocenters. The van der Waals surface area contributed by atoms with Gasteiger partial charge in [0.1, 0.15) is 5.69 Å². The lowest BCUT2D eigenvalue weighted by atomic mass is 10.2. The monoisotopic (exact) mass is 336 g/mol. The molecular weight excluding hydrogens is 316 g/mol. The fraction of sp³-hybridized carbons (Fsp3) is 0.263. The van der Waals surface area contributed by atoms with Crippen molar-refractivity contribution < 1.29 is 4.92 Å². The minimum absolute atomic E-state index is 0.187. The van der Waals surface area contributed by atoms with Gasteiger partial charge in [0, 0.05) is 50.0 Å². The van der Waals surface area contributed by atoms with Gasteiger partial charge in [-0.1, -0.05) is 30.3 Å². The van der Waals surface area contributed by atoms with Crippen LogP contribution in [0.4, 0.5) is 11.4 Å². The van der Waals surface area contributed by atoms with Crippen molar-refractivity contribution in [2.75, 3.05) is 31.1 Å². The van der Waals surface area contributed by atoms with Crippen LogP contribution in [0, 0.1) is 10.1 Å². The Kier molecular flexibility index (Phi) is 4.11. The van der Waals surface area contributed by atoms with Gasteiger partial charge in [-0.15, -0.1) is 0 Å². The summed E-state index contributed by atoms with van der Waals surface area (Å²) in [6, 6.07) is 17.5. The molecule has 1 aliphatic heterocycles. The number of hydrogen-bond donors (Lipinski definition) is 1.